The van der Waals surface area contributed by atoms with Crippen LogP contribution >= 0.6 is 15.9 Å². The van der Waals surface area contributed by atoms with Crippen LogP contribution in [0.5, 0.6) is 0 Å². The molecule has 0 nitrogen and oxygen atoms in total. The molecular formula is C9H5BrF3. The van der Waals surface area contributed by atoms with E-state index in [2.05, 4.69) is 28.6 Å². The second kappa shape index (κ2) is 3.54. The minimum absolute atomic E-state index is 0.0269. The first-order valence-corrected chi connectivity index (χ1v) is 4.14. The molecule has 0 aromatic heterocycles. The Labute approximate surface area is 82.2 Å². The number of rotatable bonds is 1. The molecule has 0 amide bonds. The van der Waals surface area contributed by atoms with Gasteiger partial charge in [0.15, 0.2) is 0 Å². The van der Waals surface area contributed by atoms with Gasteiger partial charge in [0.1, 0.15) is 0 Å². The summed E-state index contributed by atoms with van der Waals surface area (Å²) in [6, 6.07) is 3.83. The van der Waals surface area contributed by atoms with Gasteiger partial charge in [-0.1, -0.05) is 28.6 Å². The summed E-state index contributed by atoms with van der Waals surface area (Å²) < 4.78 is 36.9. The van der Waals surface area contributed by atoms with Crippen LogP contribution in [0.1, 0.15) is 11.1 Å². The predicted octanol–water partition coefficient (Wildman–Crippen LogP) is 3.81. The summed E-state index contributed by atoms with van der Waals surface area (Å²) in [5.41, 5.74) is -0.378. The molecule has 0 aliphatic heterocycles. The maximum absolute atomic E-state index is 12.3. The minimum Gasteiger partial charge on any atom is -0.166 e. The van der Waals surface area contributed by atoms with Crippen molar-refractivity contribution in [3.8, 4) is 0 Å². The number of halogens is 4. The van der Waals surface area contributed by atoms with Crippen LogP contribution in [0.25, 0.3) is 0 Å². The fourth-order valence-corrected chi connectivity index (χ4v) is 1.32. The summed E-state index contributed by atoms with van der Waals surface area (Å²) in [5.74, 6) is 0. The predicted molar refractivity (Wildman–Crippen MR) is 47.1 cm³/mol. The Morgan fingerprint density at radius 3 is 2.38 bits per heavy atom. The van der Waals surface area contributed by atoms with Crippen LogP contribution in [0.2, 0.25) is 0 Å². The van der Waals surface area contributed by atoms with Crippen molar-refractivity contribution in [1.29, 1.82) is 0 Å². The Morgan fingerprint density at radius 2 is 1.92 bits per heavy atom. The zero-order chi connectivity index (χ0) is 10.1. The quantitative estimate of drug-likeness (QED) is 0.710. The van der Waals surface area contributed by atoms with Crippen molar-refractivity contribution in [1.82, 2.24) is 0 Å². The van der Waals surface area contributed by atoms with Gasteiger partial charge in [0.05, 0.1) is 5.56 Å². The normalized spacial score (nSPS) is 11.4. The molecule has 0 aliphatic carbocycles. The maximum atomic E-state index is 12.3. The Hall–Kier alpha value is -0.770. The van der Waals surface area contributed by atoms with Gasteiger partial charge in [-0.25, -0.2) is 0 Å². The lowest BCUT2D eigenvalue weighted by Gasteiger charge is -2.09. The number of alkyl halides is 3. The maximum Gasteiger partial charge on any atom is 0.417 e. The molecule has 0 bridgehead atoms. The van der Waals surface area contributed by atoms with Gasteiger partial charge in [-0.3, -0.25) is 0 Å². The van der Waals surface area contributed by atoms with E-state index in [-0.39, 0.29) is 4.47 Å². The number of benzene rings is 1. The van der Waals surface area contributed by atoms with Gasteiger partial charge < -0.3 is 0 Å². The van der Waals surface area contributed by atoms with E-state index in [1.54, 1.807) is 0 Å². The van der Waals surface area contributed by atoms with E-state index >= 15 is 0 Å². The van der Waals surface area contributed by atoms with Gasteiger partial charge in [0.2, 0.25) is 0 Å². The van der Waals surface area contributed by atoms with E-state index < -0.39 is 11.7 Å². The molecule has 69 valence electrons. The highest BCUT2D eigenvalue weighted by Crippen LogP contribution is 2.35. The van der Waals surface area contributed by atoms with Gasteiger partial charge in [0, 0.05) is 4.47 Å². The highest BCUT2D eigenvalue weighted by Gasteiger charge is 2.32. The Kier molecular flexibility index (Phi) is 2.81. The molecule has 0 saturated heterocycles. The van der Waals surface area contributed by atoms with Crippen LogP contribution in [-0.4, -0.2) is 0 Å². The fourth-order valence-electron chi connectivity index (χ4n) is 0.852. The third kappa shape index (κ3) is 2.34. The number of hydrogen-bond acceptors (Lipinski definition) is 0. The molecule has 0 atom stereocenters. The molecule has 1 radical (unpaired) electrons. The molecule has 13 heavy (non-hydrogen) atoms. The SMILES string of the molecule is C=[C]c1ccc(Br)c(C(F)(F)F)c1. The van der Waals surface area contributed by atoms with Crippen LogP contribution in [-0.2, 0) is 6.18 Å². The molecule has 0 heterocycles. The molecule has 1 rings (SSSR count). The van der Waals surface area contributed by atoms with Crippen molar-refractivity contribution in [2.24, 2.45) is 0 Å². The van der Waals surface area contributed by atoms with Crippen LogP contribution in [0.4, 0.5) is 13.2 Å². The van der Waals surface area contributed by atoms with Crippen molar-refractivity contribution in [2.75, 3.05) is 0 Å². The van der Waals surface area contributed by atoms with Crippen LogP contribution in [0.3, 0.4) is 0 Å². The zero-order valence-electron chi connectivity index (χ0n) is 6.45. The molecule has 1 aromatic rings. The van der Waals surface area contributed by atoms with Crippen molar-refractivity contribution in [2.45, 2.75) is 6.18 Å². The van der Waals surface area contributed by atoms with Gasteiger partial charge in [0.25, 0.3) is 0 Å². The molecule has 0 spiro atoms. The molecule has 0 aliphatic rings. The summed E-state index contributed by atoms with van der Waals surface area (Å²) in [7, 11) is 0. The summed E-state index contributed by atoms with van der Waals surface area (Å²) >= 11 is 2.83. The summed E-state index contributed by atoms with van der Waals surface area (Å²) in [6.45, 7) is 3.28. The largest absolute Gasteiger partial charge is 0.417 e. The molecule has 0 fully saturated rings. The number of hydrogen-bond donors (Lipinski definition) is 0. The van der Waals surface area contributed by atoms with Crippen LogP contribution < -0.4 is 0 Å². The van der Waals surface area contributed by atoms with Gasteiger partial charge in [-0.2, -0.15) is 13.2 Å². The summed E-state index contributed by atoms with van der Waals surface area (Å²) in [6.07, 6.45) is -1.95. The van der Waals surface area contributed by atoms with Gasteiger partial charge >= 0.3 is 6.18 Å². The van der Waals surface area contributed by atoms with E-state index in [9.17, 15) is 13.2 Å². The van der Waals surface area contributed by atoms with E-state index in [4.69, 9.17) is 0 Å². The smallest absolute Gasteiger partial charge is 0.166 e. The Bertz CT molecular complexity index is 328. The van der Waals surface area contributed by atoms with Crippen molar-refractivity contribution in [3.05, 3.63) is 46.5 Å². The summed E-state index contributed by atoms with van der Waals surface area (Å²) in [4.78, 5) is 0. The molecule has 0 saturated carbocycles. The average molecular weight is 250 g/mol. The van der Waals surface area contributed by atoms with Crippen LogP contribution in [0.15, 0.2) is 29.3 Å². The second-order valence-corrected chi connectivity index (χ2v) is 3.22. The lowest BCUT2D eigenvalue weighted by Crippen LogP contribution is -2.06. The average Bonchev–Trinajstić information content (AvgIpc) is 2.03. The Balaban J connectivity index is 3.27. The van der Waals surface area contributed by atoms with E-state index in [1.807, 2.05) is 0 Å². The highest BCUT2D eigenvalue weighted by atomic mass is 79.9. The standard InChI is InChI=1S/C9H5BrF3/c1-2-6-3-4-8(10)7(5-6)9(11,12)13/h3-5H,1H2. The molecule has 4 heteroatoms. The van der Waals surface area contributed by atoms with E-state index in [1.165, 1.54) is 12.1 Å². The van der Waals surface area contributed by atoms with Crippen LogP contribution in [0, 0.1) is 6.08 Å². The third-order valence-corrected chi connectivity index (χ3v) is 2.17. The van der Waals surface area contributed by atoms with E-state index in [0.717, 1.165) is 6.07 Å². The highest BCUT2D eigenvalue weighted by molar-refractivity contribution is 9.10. The first kappa shape index (κ1) is 10.3. The first-order chi connectivity index (χ1) is 5.95. The molecule has 0 unspecified atom stereocenters. The lowest BCUT2D eigenvalue weighted by molar-refractivity contribution is -0.138. The third-order valence-electron chi connectivity index (χ3n) is 1.48. The fraction of sp³-hybridized carbons (Fsp3) is 0.111. The minimum atomic E-state index is -4.34. The Morgan fingerprint density at radius 1 is 1.31 bits per heavy atom. The topological polar surface area (TPSA) is 0 Å². The first-order valence-electron chi connectivity index (χ1n) is 3.35. The van der Waals surface area contributed by atoms with E-state index in [0.29, 0.717) is 5.56 Å². The van der Waals surface area contributed by atoms with Crippen molar-refractivity contribution < 1.29 is 13.2 Å². The second-order valence-electron chi connectivity index (χ2n) is 2.37. The lowest BCUT2D eigenvalue weighted by atomic mass is 10.1. The van der Waals surface area contributed by atoms with Crippen molar-refractivity contribution in [3.63, 3.8) is 0 Å². The monoisotopic (exact) mass is 249 g/mol. The van der Waals surface area contributed by atoms with Gasteiger partial charge in [-0.05, 0) is 23.8 Å². The molecular weight excluding hydrogens is 245 g/mol. The van der Waals surface area contributed by atoms with Crippen molar-refractivity contribution >= 4 is 15.9 Å². The van der Waals surface area contributed by atoms with Gasteiger partial charge in [-0.15, -0.1) is 0 Å². The molecule has 0 N–H and O–H groups in total. The molecule has 1 aromatic carbocycles. The zero-order valence-corrected chi connectivity index (χ0v) is 8.04. The summed E-state index contributed by atoms with van der Waals surface area (Å²) in [5, 5.41) is 0.